The topological polar surface area (TPSA) is 73.0 Å². The monoisotopic (exact) mass is 488 g/mol. The van der Waals surface area contributed by atoms with Crippen LogP contribution in [0, 0.1) is 0 Å². The van der Waals surface area contributed by atoms with Gasteiger partial charge in [0, 0.05) is 6.04 Å². The van der Waals surface area contributed by atoms with E-state index in [1.54, 1.807) is 0 Å². The van der Waals surface area contributed by atoms with E-state index < -0.39 is 0 Å². The van der Waals surface area contributed by atoms with E-state index >= 15 is 0 Å². The summed E-state index contributed by atoms with van der Waals surface area (Å²) < 4.78 is 8.35. The fourth-order valence-electron chi connectivity index (χ4n) is 3.74. The van der Waals surface area contributed by atoms with E-state index in [0.29, 0.717) is 39.8 Å². The lowest BCUT2D eigenvalue weighted by Crippen LogP contribution is -2.35. The highest BCUT2D eigenvalue weighted by Gasteiger charge is 2.20. The Balaban J connectivity index is 1.48. The number of amides is 1. The number of carbonyl (C=O) groups excluding carboxylic acids is 1. The van der Waals surface area contributed by atoms with Crippen LogP contribution in [-0.4, -0.2) is 32.5 Å². The van der Waals surface area contributed by atoms with Gasteiger partial charge >= 0.3 is 0 Å². The third kappa shape index (κ3) is 5.55. The first-order valence-corrected chi connectivity index (χ1v) is 12.1. The molecule has 0 atom stereocenters. The Kier molecular flexibility index (Phi) is 7.28. The molecule has 0 unspecified atom stereocenters. The predicted molar refractivity (Wildman–Crippen MR) is 121 cm³/mol. The van der Waals surface area contributed by atoms with Gasteiger partial charge in [0.2, 0.25) is 11.7 Å². The molecule has 1 aliphatic rings. The van der Waals surface area contributed by atoms with Gasteiger partial charge in [0.05, 0.1) is 12.3 Å². The Morgan fingerprint density at radius 1 is 1.10 bits per heavy atom. The van der Waals surface area contributed by atoms with Crippen molar-refractivity contribution in [2.45, 2.75) is 56.3 Å². The zero-order chi connectivity index (χ0) is 20.8. The van der Waals surface area contributed by atoms with Gasteiger partial charge in [0.25, 0.3) is 0 Å². The molecule has 6 nitrogen and oxygen atoms in total. The fourth-order valence-corrected chi connectivity index (χ4v) is 4.80. The normalized spacial score (nSPS) is 15.1. The minimum Gasteiger partial charge on any atom is -0.446 e. The second-order valence-electron chi connectivity index (χ2n) is 7.53. The summed E-state index contributed by atoms with van der Waals surface area (Å²) in [4.78, 5) is 12.5. The number of carbonyl (C=O) groups is 1. The van der Waals surface area contributed by atoms with E-state index in [0.717, 1.165) is 18.4 Å². The molecule has 1 fully saturated rings. The van der Waals surface area contributed by atoms with Gasteiger partial charge in [0.15, 0.2) is 15.6 Å². The Bertz CT molecular complexity index is 965. The zero-order valence-electron chi connectivity index (χ0n) is 16.7. The average molecular weight is 489 g/mol. The van der Waals surface area contributed by atoms with Crippen molar-refractivity contribution in [1.82, 2.24) is 20.1 Å². The minimum atomic E-state index is 0.0588. The van der Waals surface area contributed by atoms with Crippen molar-refractivity contribution in [3.8, 4) is 11.6 Å². The number of rotatable bonds is 7. The van der Waals surface area contributed by atoms with Crippen LogP contribution < -0.4 is 5.32 Å². The molecule has 30 heavy (non-hydrogen) atoms. The van der Waals surface area contributed by atoms with Crippen molar-refractivity contribution < 1.29 is 9.21 Å². The highest BCUT2D eigenvalue weighted by Crippen LogP contribution is 2.28. The maximum Gasteiger partial charge on any atom is 0.230 e. The van der Waals surface area contributed by atoms with Crippen molar-refractivity contribution in [3.05, 3.63) is 52.7 Å². The lowest BCUT2D eigenvalue weighted by molar-refractivity contribution is -0.119. The molecule has 0 bridgehead atoms. The molecule has 0 spiro atoms. The number of halogens is 1. The lowest BCUT2D eigenvalue weighted by Gasteiger charge is -2.16. The average Bonchev–Trinajstić information content (AvgIpc) is 3.25. The molecular weight excluding hydrogens is 464 g/mol. The molecule has 3 aromatic rings. The van der Waals surface area contributed by atoms with Gasteiger partial charge < -0.3 is 9.73 Å². The van der Waals surface area contributed by atoms with E-state index in [9.17, 15) is 4.79 Å². The molecule has 1 aliphatic carbocycles. The molecule has 1 N–H and O–H groups in total. The van der Waals surface area contributed by atoms with Crippen LogP contribution in [0.4, 0.5) is 0 Å². The molecule has 158 valence electrons. The summed E-state index contributed by atoms with van der Waals surface area (Å²) >= 11 is 4.76. The molecule has 8 heteroatoms. The molecule has 1 aromatic carbocycles. The molecular formula is C22H25BrN4O2S. The Morgan fingerprint density at radius 3 is 2.57 bits per heavy atom. The van der Waals surface area contributed by atoms with Crippen molar-refractivity contribution in [2.24, 2.45) is 0 Å². The summed E-state index contributed by atoms with van der Waals surface area (Å²) in [5.41, 5.74) is 1.13. The predicted octanol–water partition coefficient (Wildman–Crippen LogP) is 5.28. The smallest absolute Gasteiger partial charge is 0.230 e. The molecule has 2 aromatic heterocycles. The first-order chi connectivity index (χ1) is 14.7. The van der Waals surface area contributed by atoms with Crippen molar-refractivity contribution in [3.63, 3.8) is 0 Å². The van der Waals surface area contributed by atoms with E-state index in [1.807, 2.05) is 34.9 Å². The Hall–Kier alpha value is -2.06. The van der Waals surface area contributed by atoms with Crippen LogP contribution in [0.5, 0.6) is 0 Å². The number of furan rings is 1. The summed E-state index contributed by atoms with van der Waals surface area (Å²) in [5.74, 6) is 1.67. The number of hydrogen-bond acceptors (Lipinski definition) is 5. The molecule has 0 aliphatic heterocycles. The van der Waals surface area contributed by atoms with Crippen LogP contribution in [0.1, 0.15) is 44.1 Å². The van der Waals surface area contributed by atoms with Crippen molar-refractivity contribution in [1.29, 1.82) is 0 Å². The molecule has 1 saturated carbocycles. The maximum atomic E-state index is 12.5. The van der Waals surface area contributed by atoms with Gasteiger partial charge in [-0.3, -0.25) is 9.36 Å². The number of hydrogen-bond donors (Lipinski definition) is 1. The Labute approximate surface area is 189 Å². The number of aromatic nitrogens is 3. The van der Waals surface area contributed by atoms with Crippen LogP contribution in [0.3, 0.4) is 0 Å². The molecule has 1 amide bonds. The second kappa shape index (κ2) is 10.3. The van der Waals surface area contributed by atoms with Crippen molar-refractivity contribution in [2.75, 3.05) is 5.75 Å². The highest BCUT2D eigenvalue weighted by molar-refractivity contribution is 9.10. The van der Waals surface area contributed by atoms with E-state index in [1.165, 1.54) is 37.4 Å². The summed E-state index contributed by atoms with van der Waals surface area (Å²) in [5, 5.41) is 12.6. The highest BCUT2D eigenvalue weighted by atomic mass is 79.9. The number of thioether (sulfide) groups is 1. The van der Waals surface area contributed by atoms with Gasteiger partial charge in [-0.05, 0) is 46.5 Å². The van der Waals surface area contributed by atoms with Gasteiger partial charge in [0.1, 0.15) is 0 Å². The zero-order valence-corrected chi connectivity index (χ0v) is 19.1. The number of benzene rings is 1. The Morgan fingerprint density at radius 2 is 1.87 bits per heavy atom. The standard InChI is InChI=1S/C22H25BrN4O2S/c23-19-13-12-18(29-19)21-25-26-22(27(21)14-16-8-4-3-5-9-16)30-15-20(28)24-17-10-6-1-2-7-11-17/h3-5,8-9,12-13,17H,1-2,6-7,10-11,14-15H2,(H,24,28). The van der Waals surface area contributed by atoms with Gasteiger partial charge in [-0.15, -0.1) is 10.2 Å². The van der Waals surface area contributed by atoms with Crippen molar-refractivity contribution >= 4 is 33.6 Å². The first-order valence-electron chi connectivity index (χ1n) is 10.3. The number of nitrogens with one attached hydrogen (secondary N) is 1. The first kappa shape index (κ1) is 21.2. The molecule has 2 heterocycles. The van der Waals surface area contributed by atoms with Crippen LogP contribution in [0.25, 0.3) is 11.6 Å². The van der Waals surface area contributed by atoms with E-state index in [4.69, 9.17) is 4.42 Å². The molecule has 0 radical (unpaired) electrons. The van der Waals surface area contributed by atoms with Crippen LogP contribution in [0.15, 0.2) is 56.7 Å². The van der Waals surface area contributed by atoms with E-state index in [-0.39, 0.29) is 5.91 Å². The fraction of sp³-hybridized carbons (Fsp3) is 0.409. The molecule has 0 saturated heterocycles. The van der Waals surface area contributed by atoms with Crippen LogP contribution in [-0.2, 0) is 11.3 Å². The van der Waals surface area contributed by atoms with E-state index in [2.05, 4.69) is 43.6 Å². The van der Waals surface area contributed by atoms with Gasteiger partial charge in [-0.1, -0.05) is 67.8 Å². The van der Waals surface area contributed by atoms with Gasteiger partial charge in [-0.25, -0.2) is 0 Å². The maximum absolute atomic E-state index is 12.5. The third-order valence-corrected chi connectivity index (χ3v) is 6.64. The quantitative estimate of drug-likeness (QED) is 0.361. The third-order valence-electron chi connectivity index (χ3n) is 5.25. The van der Waals surface area contributed by atoms with Gasteiger partial charge in [-0.2, -0.15) is 0 Å². The summed E-state index contributed by atoms with van der Waals surface area (Å²) in [6.45, 7) is 0.605. The summed E-state index contributed by atoms with van der Waals surface area (Å²) in [7, 11) is 0. The lowest BCUT2D eigenvalue weighted by atomic mass is 10.1. The SMILES string of the molecule is O=C(CSc1nnc(-c2ccc(Br)o2)n1Cc1ccccc1)NC1CCCCCC1. The second-order valence-corrected chi connectivity index (χ2v) is 9.25. The van der Waals surface area contributed by atoms with Crippen LogP contribution >= 0.6 is 27.7 Å². The summed E-state index contributed by atoms with van der Waals surface area (Å²) in [6.07, 6.45) is 7.11. The largest absolute Gasteiger partial charge is 0.446 e. The summed E-state index contributed by atoms with van der Waals surface area (Å²) in [6, 6.07) is 14.1. The van der Waals surface area contributed by atoms with Crippen LogP contribution in [0.2, 0.25) is 0 Å². The number of nitrogens with zero attached hydrogens (tertiary/aromatic N) is 3. The molecule has 4 rings (SSSR count). The minimum absolute atomic E-state index is 0.0588.